The minimum atomic E-state index is 0.276. The Kier molecular flexibility index (Phi) is 5.09. The second kappa shape index (κ2) is 6.62. The van der Waals surface area contributed by atoms with Gasteiger partial charge in [0, 0.05) is 17.5 Å². The normalized spacial score (nSPS) is 26.6. The average Bonchev–Trinajstić information content (AvgIpc) is 2.41. The van der Waals surface area contributed by atoms with Crippen LogP contribution in [0.5, 0.6) is 5.75 Å². The van der Waals surface area contributed by atoms with Crippen LogP contribution in [0, 0.1) is 19.8 Å². The van der Waals surface area contributed by atoms with Crippen molar-refractivity contribution in [1.29, 1.82) is 0 Å². The van der Waals surface area contributed by atoms with E-state index in [9.17, 15) is 0 Å². The average molecular weight is 275 g/mol. The van der Waals surface area contributed by atoms with Crippen molar-refractivity contribution >= 4 is 0 Å². The molecule has 0 aromatic heterocycles. The maximum atomic E-state index is 6.44. The first-order valence-corrected chi connectivity index (χ1v) is 7.97. The number of methoxy groups -OCH3 is 1. The highest BCUT2D eigenvalue weighted by molar-refractivity contribution is 5.46. The van der Waals surface area contributed by atoms with Gasteiger partial charge in [-0.2, -0.15) is 0 Å². The number of nitrogens with two attached hydrogens (primary N) is 1. The lowest BCUT2D eigenvalue weighted by atomic mass is 9.72. The molecular weight excluding hydrogens is 246 g/mol. The molecule has 2 heteroatoms. The fourth-order valence-corrected chi connectivity index (χ4v) is 3.87. The number of ether oxygens (including phenoxy) is 1. The van der Waals surface area contributed by atoms with Crippen molar-refractivity contribution in [3.05, 3.63) is 28.8 Å². The van der Waals surface area contributed by atoms with Crippen molar-refractivity contribution in [1.82, 2.24) is 0 Å². The van der Waals surface area contributed by atoms with Crippen LogP contribution >= 0.6 is 0 Å². The molecule has 112 valence electrons. The Morgan fingerprint density at radius 1 is 1.25 bits per heavy atom. The molecular formula is C18H29NO. The monoisotopic (exact) mass is 275 g/mol. The van der Waals surface area contributed by atoms with Crippen LogP contribution in [-0.4, -0.2) is 13.2 Å². The maximum Gasteiger partial charge on any atom is 0.122 e. The molecule has 0 spiro atoms. The van der Waals surface area contributed by atoms with Gasteiger partial charge in [-0.25, -0.2) is 0 Å². The summed E-state index contributed by atoms with van der Waals surface area (Å²) in [6.07, 6.45) is 6.26. The molecule has 0 saturated heterocycles. The van der Waals surface area contributed by atoms with E-state index in [-0.39, 0.29) is 6.04 Å². The summed E-state index contributed by atoms with van der Waals surface area (Å²) in [7, 11) is 1.77. The topological polar surface area (TPSA) is 35.2 Å². The van der Waals surface area contributed by atoms with Crippen LogP contribution in [-0.2, 0) is 0 Å². The van der Waals surface area contributed by atoms with Gasteiger partial charge in [0.1, 0.15) is 5.75 Å². The van der Waals surface area contributed by atoms with E-state index < -0.39 is 0 Å². The molecule has 20 heavy (non-hydrogen) atoms. The van der Waals surface area contributed by atoms with Gasteiger partial charge in [0.2, 0.25) is 0 Å². The quantitative estimate of drug-likeness (QED) is 0.888. The van der Waals surface area contributed by atoms with Crippen LogP contribution in [0.25, 0.3) is 0 Å². The van der Waals surface area contributed by atoms with Crippen molar-refractivity contribution < 1.29 is 4.74 Å². The molecule has 1 aliphatic rings. The van der Waals surface area contributed by atoms with Gasteiger partial charge in [0.25, 0.3) is 0 Å². The first-order chi connectivity index (χ1) is 9.56. The number of rotatable bonds is 4. The highest BCUT2D eigenvalue weighted by Crippen LogP contribution is 2.42. The Balaban J connectivity index is 2.33. The van der Waals surface area contributed by atoms with Gasteiger partial charge in [-0.3, -0.25) is 0 Å². The summed E-state index contributed by atoms with van der Waals surface area (Å²) in [4.78, 5) is 0. The smallest absolute Gasteiger partial charge is 0.122 e. The van der Waals surface area contributed by atoms with E-state index in [1.54, 1.807) is 7.11 Å². The maximum absolute atomic E-state index is 6.44. The molecule has 1 aliphatic carbocycles. The van der Waals surface area contributed by atoms with E-state index in [0.29, 0.717) is 5.92 Å². The van der Waals surface area contributed by atoms with Crippen LogP contribution in [0.3, 0.4) is 0 Å². The van der Waals surface area contributed by atoms with E-state index in [1.807, 2.05) is 0 Å². The standard InChI is InChI=1S/C18H29NO/c1-5-6-14-7-8-16(19)15(11-14)18-13(3)9-12(2)10-17(18)20-4/h9-10,14-16H,5-8,11,19H2,1-4H3. The predicted molar refractivity (Wildman–Crippen MR) is 85.4 cm³/mol. The zero-order valence-corrected chi connectivity index (χ0v) is 13.4. The predicted octanol–water partition coefficient (Wildman–Crippen LogP) is 4.32. The van der Waals surface area contributed by atoms with Gasteiger partial charge in [-0.05, 0) is 56.2 Å². The summed E-state index contributed by atoms with van der Waals surface area (Å²) in [5.41, 5.74) is 10.4. The van der Waals surface area contributed by atoms with Gasteiger partial charge in [-0.15, -0.1) is 0 Å². The number of hydrogen-bond acceptors (Lipinski definition) is 2. The van der Waals surface area contributed by atoms with E-state index in [1.165, 1.54) is 42.4 Å². The molecule has 3 unspecified atom stereocenters. The van der Waals surface area contributed by atoms with Crippen molar-refractivity contribution in [3.63, 3.8) is 0 Å². The summed E-state index contributed by atoms with van der Waals surface area (Å²) in [6.45, 7) is 6.60. The lowest BCUT2D eigenvalue weighted by molar-refractivity contribution is 0.268. The highest BCUT2D eigenvalue weighted by atomic mass is 16.5. The molecule has 2 rings (SSSR count). The summed E-state index contributed by atoms with van der Waals surface area (Å²) in [5.74, 6) is 2.31. The zero-order chi connectivity index (χ0) is 14.7. The number of benzene rings is 1. The Labute approximate surface area is 123 Å². The summed E-state index contributed by atoms with van der Waals surface area (Å²) in [6, 6.07) is 4.69. The Morgan fingerprint density at radius 2 is 2.00 bits per heavy atom. The molecule has 1 aromatic rings. The highest BCUT2D eigenvalue weighted by Gasteiger charge is 2.31. The van der Waals surface area contributed by atoms with E-state index >= 15 is 0 Å². The van der Waals surface area contributed by atoms with Gasteiger partial charge in [0.15, 0.2) is 0 Å². The SMILES string of the molecule is CCCC1CCC(N)C(c2c(C)cc(C)cc2OC)C1. The van der Waals surface area contributed by atoms with Gasteiger partial charge in [-0.1, -0.05) is 25.8 Å². The largest absolute Gasteiger partial charge is 0.496 e. The van der Waals surface area contributed by atoms with Crippen molar-refractivity contribution in [2.24, 2.45) is 11.7 Å². The van der Waals surface area contributed by atoms with Crippen molar-refractivity contribution in [2.75, 3.05) is 7.11 Å². The van der Waals surface area contributed by atoms with Crippen molar-refractivity contribution in [2.45, 2.75) is 64.8 Å². The lowest BCUT2D eigenvalue weighted by Gasteiger charge is -2.36. The van der Waals surface area contributed by atoms with Crippen LogP contribution in [0.2, 0.25) is 0 Å². The minimum Gasteiger partial charge on any atom is -0.496 e. The molecule has 0 amide bonds. The fraction of sp³-hybridized carbons (Fsp3) is 0.667. The van der Waals surface area contributed by atoms with Gasteiger partial charge >= 0.3 is 0 Å². The van der Waals surface area contributed by atoms with E-state index in [0.717, 1.165) is 18.1 Å². The van der Waals surface area contributed by atoms with Crippen LogP contribution < -0.4 is 10.5 Å². The Hall–Kier alpha value is -1.02. The van der Waals surface area contributed by atoms with E-state index in [4.69, 9.17) is 10.5 Å². The molecule has 1 aromatic carbocycles. The molecule has 1 saturated carbocycles. The van der Waals surface area contributed by atoms with E-state index in [2.05, 4.69) is 32.9 Å². The summed E-state index contributed by atoms with van der Waals surface area (Å²) < 4.78 is 5.65. The first-order valence-electron chi connectivity index (χ1n) is 7.97. The zero-order valence-electron chi connectivity index (χ0n) is 13.4. The van der Waals surface area contributed by atoms with Gasteiger partial charge in [0.05, 0.1) is 7.11 Å². The van der Waals surface area contributed by atoms with Crippen LogP contribution in [0.15, 0.2) is 12.1 Å². The third-order valence-corrected chi connectivity index (χ3v) is 4.79. The first kappa shape index (κ1) is 15.4. The molecule has 0 aliphatic heterocycles. The molecule has 1 fully saturated rings. The Bertz CT molecular complexity index is 455. The molecule has 2 N–H and O–H groups in total. The third kappa shape index (κ3) is 3.17. The fourth-order valence-electron chi connectivity index (χ4n) is 3.87. The van der Waals surface area contributed by atoms with Gasteiger partial charge < -0.3 is 10.5 Å². The molecule has 0 bridgehead atoms. The molecule has 3 atom stereocenters. The summed E-state index contributed by atoms with van der Waals surface area (Å²) >= 11 is 0. The van der Waals surface area contributed by atoms with Crippen LogP contribution in [0.4, 0.5) is 0 Å². The van der Waals surface area contributed by atoms with Crippen LogP contribution in [0.1, 0.15) is 61.6 Å². The second-order valence-corrected chi connectivity index (χ2v) is 6.44. The molecule has 0 heterocycles. The lowest BCUT2D eigenvalue weighted by Crippen LogP contribution is -2.35. The molecule has 0 radical (unpaired) electrons. The third-order valence-electron chi connectivity index (χ3n) is 4.79. The molecule has 2 nitrogen and oxygen atoms in total. The van der Waals surface area contributed by atoms with Crippen molar-refractivity contribution in [3.8, 4) is 5.75 Å². The number of aryl methyl sites for hydroxylation is 2. The second-order valence-electron chi connectivity index (χ2n) is 6.44. The number of hydrogen-bond donors (Lipinski definition) is 1. The Morgan fingerprint density at radius 3 is 2.65 bits per heavy atom. The summed E-state index contributed by atoms with van der Waals surface area (Å²) in [5, 5.41) is 0. The minimum absolute atomic E-state index is 0.276.